The lowest BCUT2D eigenvalue weighted by atomic mass is 9.87. The third kappa shape index (κ3) is 4.71. The number of rotatable bonds is 4. The average molecular weight is 477 g/mol. The molecular formula is C24H20Cl3NOS. The van der Waals surface area contributed by atoms with Crippen LogP contribution >= 0.6 is 46.6 Å². The second-order valence-electron chi connectivity index (χ2n) is 7.39. The molecular weight excluding hydrogens is 457 g/mol. The number of thioether (sulfide) groups is 1. The van der Waals surface area contributed by atoms with Crippen LogP contribution in [0.4, 0.5) is 0 Å². The minimum atomic E-state index is -0.235. The Labute approximate surface area is 196 Å². The first-order chi connectivity index (χ1) is 14.4. The van der Waals surface area contributed by atoms with Crippen molar-refractivity contribution >= 4 is 52.3 Å². The lowest BCUT2D eigenvalue weighted by Gasteiger charge is -2.43. The van der Waals surface area contributed by atoms with Gasteiger partial charge in [-0.25, -0.2) is 0 Å². The Morgan fingerprint density at radius 2 is 1.23 bits per heavy atom. The number of carbonyl (C=O) groups is 1. The topological polar surface area (TPSA) is 20.3 Å². The molecule has 3 aromatic carbocycles. The van der Waals surface area contributed by atoms with Crippen LogP contribution in [0.15, 0.2) is 77.7 Å². The fraction of sp³-hybridized carbons (Fsp3) is 0.208. The Hall–Kier alpha value is -1.49. The average Bonchev–Trinajstić information content (AvgIpc) is 2.74. The number of halogens is 3. The predicted octanol–water partition coefficient (Wildman–Crippen LogP) is 7.49. The Morgan fingerprint density at radius 1 is 0.767 bits per heavy atom. The van der Waals surface area contributed by atoms with Crippen LogP contribution in [-0.4, -0.2) is 23.0 Å². The number of carbonyl (C=O) groups excluding carboxylic acids is 1. The summed E-state index contributed by atoms with van der Waals surface area (Å²) < 4.78 is 0. The van der Waals surface area contributed by atoms with Gasteiger partial charge in [0.15, 0.2) is 0 Å². The normalized spacial score (nSPS) is 22.3. The third-order valence-electron chi connectivity index (χ3n) is 5.47. The molecule has 4 rings (SSSR count). The molecule has 3 aromatic rings. The molecule has 1 aliphatic heterocycles. The summed E-state index contributed by atoms with van der Waals surface area (Å²) in [7, 11) is 2.08. The van der Waals surface area contributed by atoms with Crippen LogP contribution in [0.2, 0.25) is 15.1 Å². The second kappa shape index (κ2) is 9.33. The zero-order chi connectivity index (χ0) is 21.3. The molecule has 1 heterocycles. The monoisotopic (exact) mass is 475 g/mol. The molecule has 0 spiro atoms. The molecule has 2 nitrogen and oxygen atoms in total. The van der Waals surface area contributed by atoms with E-state index in [1.165, 1.54) is 0 Å². The van der Waals surface area contributed by atoms with Crippen LogP contribution in [-0.2, 0) is 4.79 Å². The molecule has 3 atom stereocenters. The lowest BCUT2D eigenvalue weighted by molar-refractivity contribution is -0.124. The van der Waals surface area contributed by atoms with Crippen LogP contribution in [0.3, 0.4) is 0 Å². The number of hydrogen-bond acceptors (Lipinski definition) is 3. The van der Waals surface area contributed by atoms with Crippen molar-refractivity contribution < 1.29 is 4.79 Å². The Morgan fingerprint density at radius 3 is 1.77 bits per heavy atom. The molecule has 1 saturated heterocycles. The Balaban J connectivity index is 1.71. The minimum Gasteiger partial charge on any atom is -0.298 e. The van der Waals surface area contributed by atoms with Gasteiger partial charge in [-0.2, -0.15) is 0 Å². The van der Waals surface area contributed by atoms with Gasteiger partial charge in [-0.1, -0.05) is 59.1 Å². The number of benzene rings is 3. The van der Waals surface area contributed by atoms with Gasteiger partial charge in [-0.3, -0.25) is 9.69 Å². The number of nitrogens with zero attached hydrogens (tertiary/aromatic N) is 1. The van der Waals surface area contributed by atoms with E-state index in [9.17, 15) is 4.79 Å². The van der Waals surface area contributed by atoms with E-state index in [-0.39, 0.29) is 23.1 Å². The summed E-state index contributed by atoms with van der Waals surface area (Å²) in [6.45, 7) is 0. The van der Waals surface area contributed by atoms with Gasteiger partial charge in [-0.15, -0.1) is 11.8 Å². The van der Waals surface area contributed by atoms with Crippen LogP contribution < -0.4 is 0 Å². The largest absolute Gasteiger partial charge is 0.298 e. The van der Waals surface area contributed by atoms with Crippen molar-refractivity contribution in [2.75, 3.05) is 7.05 Å². The number of ketones is 1. The molecule has 6 heteroatoms. The standard InChI is InChI=1S/C24H20Cl3NOS/c1-28-21(15-2-6-17(25)7-3-15)14-22(29)24(30-20-12-10-19(27)11-13-20)23(28)16-4-8-18(26)9-5-16/h2-13,21,23-24H,14H2,1H3. The maximum absolute atomic E-state index is 13.4. The Bertz CT molecular complexity index is 1020. The Kier molecular flexibility index (Phi) is 6.76. The van der Waals surface area contributed by atoms with Gasteiger partial charge in [0.2, 0.25) is 0 Å². The van der Waals surface area contributed by atoms with E-state index in [4.69, 9.17) is 34.8 Å². The number of Topliss-reactive ketones (excluding diaryl/α,β-unsaturated/α-hetero) is 1. The van der Waals surface area contributed by atoms with Crippen molar-refractivity contribution in [3.8, 4) is 0 Å². The summed E-state index contributed by atoms with van der Waals surface area (Å²) in [5, 5.41) is 1.82. The summed E-state index contributed by atoms with van der Waals surface area (Å²) in [6, 6.07) is 23.1. The molecule has 0 aliphatic carbocycles. The summed E-state index contributed by atoms with van der Waals surface area (Å²) in [5.74, 6) is 0.230. The van der Waals surface area contributed by atoms with E-state index in [1.807, 2.05) is 72.8 Å². The van der Waals surface area contributed by atoms with Crippen molar-refractivity contribution in [2.24, 2.45) is 0 Å². The molecule has 30 heavy (non-hydrogen) atoms. The van der Waals surface area contributed by atoms with Crippen LogP contribution in [0, 0.1) is 0 Å². The first-order valence-electron chi connectivity index (χ1n) is 9.60. The van der Waals surface area contributed by atoms with Gasteiger partial charge in [0.05, 0.1) is 11.3 Å². The molecule has 1 aliphatic rings. The first-order valence-corrected chi connectivity index (χ1v) is 11.6. The number of piperidine rings is 1. The quantitative estimate of drug-likeness (QED) is 0.389. The first kappa shape index (κ1) is 21.7. The summed E-state index contributed by atoms with van der Waals surface area (Å²) >= 11 is 19.8. The van der Waals surface area contributed by atoms with E-state index in [1.54, 1.807) is 11.8 Å². The van der Waals surface area contributed by atoms with Gasteiger partial charge in [-0.05, 0) is 66.7 Å². The highest BCUT2D eigenvalue weighted by Crippen LogP contribution is 2.45. The van der Waals surface area contributed by atoms with Crippen molar-refractivity contribution in [1.82, 2.24) is 4.90 Å². The van der Waals surface area contributed by atoms with Crippen molar-refractivity contribution in [1.29, 1.82) is 0 Å². The van der Waals surface area contributed by atoms with Gasteiger partial charge >= 0.3 is 0 Å². The molecule has 1 fully saturated rings. The maximum Gasteiger partial charge on any atom is 0.150 e. The van der Waals surface area contributed by atoms with E-state index < -0.39 is 0 Å². The summed E-state index contributed by atoms with van der Waals surface area (Å²) in [6.07, 6.45) is 0.452. The highest BCUT2D eigenvalue weighted by atomic mass is 35.5. The van der Waals surface area contributed by atoms with E-state index in [2.05, 4.69) is 11.9 Å². The molecule has 0 saturated carbocycles. The van der Waals surface area contributed by atoms with Crippen LogP contribution in [0.1, 0.15) is 29.6 Å². The fourth-order valence-electron chi connectivity index (χ4n) is 3.93. The van der Waals surface area contributed by atoms with Crippen LogP contribution in [0.25, 0.3) is 0 Å². The van der Waals surface area contributed by atoms with Crippen molar-refractivity contribution in [3.63, 3.8) is 0 Å². The second-order valence-corrected chi connectivity index (χ2v) is 9.92. The van der Waals surface area contributed by atoms with Gasteiger partial charge in [0.25, 0.3) is 0 Å². The lowest BCUT2D eigenvalue weighted by Crippen LogP contribution is -2.45. The van der Waals surface area contributed by atoms with Crippen molar-refractivity contribution in [3.05, 3.63) is 99.0 Å². The van der Waals surface area contributed by atoms with Crippen molar-refractivity contribution in [2.45, 2.75) is 28.6 Å². The maximum atomic E-state index is 13.4. The summed E-state index contributed by atoms with van der Waals surface area (Å²) in [5.41, 5.74) is 2.16. The van der Waals surface area contributed by atoms with Gasteiger partial charge < -0.3 is 0 Å². The number of likely N-dealkylation sites (tertiary alicyclic amines) is 1. The highest BCUT2D eigenvalue weighted by molar-refractivity contribution is 8.00. The highest BCUT2D eigenvalue weighted by Gasteiger charge is 2.42. The number of hydrogen-bond donors (Lipinski definition) is 0. The molecule has 154 valence electrons. The zero-order valence-corrected chi connectivity index (χ0v) is 19.3. The molecule has 0 bridgehead atoms. The predicted molar refractivity (Wildman–Crippen MR) is 127 cm³/mol. The minimum absolute atomic E-state index is 0.0162. The SMILES string of the molecule is CN1C(c2ccc(Cl)cc2)CC(=O)C(Sc2ccc(Cl)cc2)C1c1ccc(Cl)cc1. The molecule has 0 aromatic heterocycles. The molecule has 0 amide bonds. The van der Waals surface area contributed by atoms with Crippen LogP contribution in [0.5, 0.6) is 0 Å². The van der Waals surface area contributed by atoms with E-state index in [0.717, 1.165) is 16.0 Å². The molecule has 0 N–H and O–H groups in total. The van der Waals surface area contributed by atoms with E-state index >= 15 is 0 Å². The smallest absolute Gasteiger partial charge is 0.150 e. The zero-order valence-electron chi connectivity index (χ0n) is 16.3. The fourth-order valence-corrected chi connectivity index (χ4v) is 5.60. The third-order valence-corrected chi connectivity index (χ3v) is 7.55. The molecule has 3 unspecified atom stereocenters. The van der Waals surface area contributed by atoms with E-state index in [0.29, 0.717) is 21.5 Å². The molecule has 0 radical (unpaired) electrons. The van der Waals surface area contributed by atoms with Gasteiger partial charge in [0, 0.05) is 32.4 Å². The van der Waals surface area contributed by atoms with Gasteiger partial charge in [0.1, 0.15) is 5.78 Å². The summed E-state index contributed by atoms with van der Waals surface area (Å²) in [4.78, 5) is 16.7.